The zero-order valence-electron chi connectivity index (χ0n) is 8.56. The molecule has 4 nitrogen and oxygen atoms in total. The van der Waals surface area contributed by atoms with Crippen LogP contribution in [-0.2, 0) is 4.79 Å². The zero-order chi connectivity index (χ0) is 11.4. The van der Waals surface area contributed by atoms with Gasteiger partial charge < -0.3 is 10.2 Å². The fourth-order valence-electron chi connectivity index (χ4n) is 0.477. The molecule has 0 bridgehead atoms. The van der Waals surface area contributed by atoms with Crippen LogP contribution in [-0.4, -0.2) is 27.9 Å². The predicted molar refractivity (Wildman–Crippen MR) is 56.9 cm³/mol. The zero-order valence-corrected chi connectivity index (χ0v) is 9.38. The van der Waals surface area contributed by atoms with Gasteiger partial charge in [0.2, 0.25) is 0 Å². The molecule has 0 aliphatic rings. The number of unbranched alkanes of at least 4 members (excludes halogenated alkanes) is 1. The number of aliphatic carboxylic acids is 1. The molecule has 0 aromatic carbocycles. The lowest BCUT2D eigenvalue weighted by molar-refractivity contribution is -0.137. The van der Waals surface area contributed by atoms with E-state index in [0.717, 1.165) is 6.42 Å². The van der Waals surface area contributed by atoms with E-state index >= 15 is 0 Å². The number of nitrogens with zero attached hydrogens (tertiary/aromatic N) is 1. The first-order valence-electron chi connectivity index (χ1n) is 4.38. The Morgan fingerprint density at radius 2 is 2.21 bits per heavy atom. The van der Waals surface area contributed by atoms with Gasteiger partial charge in [0, 0.05) is 12.8 Å². The highest BCUT2D eigenvalue weighted by Gasteiger charge is 2.03. The topological polar surface area (TPSA) is 81.3 Å². The van der Waals surface area contributed by atoms with Crippen LogP contribution in [0.1, 0.15) is 32.6 Å². The summed E-state index contributed by atoms with van der Waals surface area (Å²) in [5.74, 6) is -0.858. The highest BCUT2D eigenvalue weighted by molar-refractivity contribution is 7.99. The van der Waals surface area contributed by atoms with Crippen LogP contribution in [0.3, 0.4) is 0 Å². The second kappa shape index (κ2) is 12.3. The van der Waals surface area contributed by atoms with Gasteiger partial charge in [0.05, 0.1) is 11.5 Å². The molecule has 0 radical (unpaired) electrons. The smallest absolute Gasteiger partial charge is 0.303 e. The lowest BCUT2D eigenvalue weighted by Gasteiger charge is -2.02. The van der Waals surface area contributed by atoms with E-state index < -0.39 is 11.4 Å². The molecule has 0 amide bonds. The monoisotopic (exact) mass is 219 g/mol. The van der Waals surface area contributed by atoms with Crippen LogP contribution in [0, 0.1) is 11.3 Å². The highest BCUT2D eigenvalue weighted by Crippen LogP contribution is 2.08. The first kappa shape index (κ1) is 15.7. The number of hydrogen-bond acceptors (Lipinski definition) is 4. The van der Waals surface area contributed by atoms with Crippen molar-refractivity contribution in [1.29, 1.82) is 5.26 Å². The molecule has 0 saturated heterocycles. The maximum atomic E-state index is 9.90. The van der Waals surface area contributed by atoms with Crippen molar-refractivity contribution in [2.45, 2.75) is 38.0 Å². The molecule has 82 valence electrons. The van der Waals surface area contributed by atoms with Crippen LogP contribution < -0.4 is 0 Å². The Bertz CT molecular complexity index is 179. The summed E-state index contributed by atoms with van der Waals surface area (Å²) >= 11 is 1.26. The van der Waals surface area contributed by atoms with Gasteiger partial charge in [0.15, 0.2) is 0 Å². The van der Waals surface area contributed by atoms with Crippen LogP contribution in [0.4, 0.5) is 0 Å². The molecule has 0 aliphatic heterocycles. The number of carboxylic acid groups (broad SMARTS) is 1. The molecule has 0 spiro atoms. The summed E-state index contributed by atoms with van der Waals surface area (Å²) in [7, 11) is 0. The summed E-state index contributed by atoms with van der Waals surface area (Å²) < 4.78 is 0. The molecule has 0 saturated carbocycles. The number of nitriles is 1. The Hall–Kier alpha value is -0.730. The van der Waals surface area contributed by atoms with Gasteiger partial charge in [-0.05, 0) is 19.1 Å². The third-order valence-electron chi connectivity index (χ3n) is 1.24. The van der Waals surface area contributed by atoms with Crippen molar-refractivity contribution in [3.8, 4) is 6.07 Å². The molecular weight excluding hydrogens is 202 g/mol. The molecule has 0 heterocycles. The van der Waals surface area contributed by atoms with Gasteiger partial charge in [-0.15, -0.1) is 11.8 Å². The first-order valence-corrected chi connectivity index (χ1v) is 5.66. The van der Waals surface area contributed by atoms with Gasteiger partial charge in [0.25, 0.3) is 0 Å². The molecule has 0 fully saturated rings. The molecule has 0 aromatic rings. The fourth-order valence-corrected chi connectivity index (χ4v) is 0.830. The van der Waals surface area contributed by atoms with E-state index in [9.17, 15) is 4.79 Å². The summed E-state index contributed by atoms with van der Waals surface area (Å²) in [6.07, 6.45) is 3.79. The number of thioether (sulfide) groups is 1. The number of carbonyl (C=O) groups is 1. The number of hydrogen-bond donors (Lipinski definition) is 2. The van der Waals surface area contributed by atoms with Crippen molar-refractivity contribution in [3.63, 3.8) is 0 Å². The minimum Gasteiger partial charge on any atom is -0.481 e. The normalized spacial score (nSPS) is 10.7. The van der Waals surface area contributed by atoms with E-state index in [4.69, 9.17) is 15.5 Å². The largest absolute Gasteiger partial charge is 0.481 e. The van der Waals surface area contributed by atoms with Gasteiger partial charge in [-0.2, -0.15) is 5.26 Å². The molecular formula is C9H17NO3S. The summed E-state index contributed by atoms with van der Waals surface area (Å²) in [5, 5.41) is 24.8. The Labute approximate surface area is 88.9 Å². The van der Waals surface area contributed by atoms with Crippen molar-refractivity contribution in [2.24, 2.45) is 0 Å². The van der Waals surface area contributed by atoms with E-state index in [1.807, 2.05) is 13.0 Å². The van der Waals surface area contributed by atoms with Crippen molar-refractivity contribution in [3.05, 3.63) is 0 Å². The first-order chi connectivity index (χ1) is 6.58. The van der Waals surface area contributed by atoms with Crippen LogP contribution in [0.15, 0.2) is 0 Å². The molecule has 0 aliphatic carbocycles. The Balaban J connectivity index is 0. The van der Waals surface area contributed by atoms with E-state index in [0.29, 0.717) is 12.8 Å². The van der Waals surface area contributed by atoms with Gasteiger partial charge >= 0.3 is 5.97 Å². The van der Waals surface area contributed by atoms with Crippen molar-refractivity contribution >= 4 is 17.7 Å². The van der Waals surface area contributed by atoms with Gasteiger partial charge in [0.1, 0.15) is 0 Å². The van der Waals surface area contributed by atoms with Crippen molar-refractivity contribution in [2.75, 3.05) is 6.26 Å². The summed E-state index contributed by atoms with van der Waals surface area (Å²) in [6.45, 7) is 1.99. The van der Waals surface area contributed by atoms with Crippen LogP contribution in [0.2, 0.25) is 0 Å². The van der Waals surface area contributed by atoms with Gasteiger partial charge in [-0.25, -0.2) is 0 Å². The second-order valence-electron chi connectivity index (χ2n) is 2.53. The standard InChI is InChI=1S/C5H10O3S.C4H7N/c1-9-5(8)3-2-4(6)7;1-2-3-4-5/h5,8H,2-3H2,1H3,(H,6,7);2-3H2,1H3. The highest BCUT2D eigenvalue weighted by atomic mass is 32.2. The predicted octanol–water partition coefficient (Wildman–Crippen LogP) is 1.84. The van der Waals surface area contributed by atoms with E-state index in [1.54, 1.807) is 6.26 Å². The minimum atomic E-state index is -0.858. The molecule has 5 heteroatoms. The Morgan fingerprint density at radius 1 is 1.64 bits per heavy atom. The fraction of sp³-hybridized carbons (Fsp3) is 0.778. The maximum Gasteiger partial charge on any atom is 0.303 e. The summed E-state index contributed by atoms with van der Waals surface area (Å²) in [6, 6.07) is 2.02. The molecule has 0 aromatic heterocycles. The van der Waals surface area contributed by atoms with Crippen LogP contribution in [0.5, 0.6) is 0 Å². The maximum absolute atomic E-state index is 9.90. The van der Waals surface area contributed by atoms with E-state index in [2.05, 4.69) is 0 Å². The lowest BCUT2D eigenvalue weighted by Crippen LogP contribution is -2.03. The Morgan fingerprint density at radius 3 is 2.43 bits per heavy atom. The number of carboxylic acids is 1. The number of rotatable bonds is 5. The van der Waals surface area contributed by atoms with Crippen LogP contribution >= 0.6 is 11.8 Å². The van der Waals surface area contributed by atoms with Gasteiger partial charge in [-0.1, -0.05) is 6.92 Å². The molecule has 1 unspecified atom stereocenters. The Kier molecular flexibility index (Phi) is 13.8. The molecule has 0 rings (SSSR count). The number of aliphatic hydroxyl groups excluding tert-OH is 1. The average Bonchev–Trinajstić information content (AvgIpc) is 2.16. The van der Waals surface area contributed by atoms with Crippen molar-refractivity contribution in [1.82, 2.24) is 0 Å². The molecule has 1 atom stereocenters. The number of aliphatic hydroxyl groups is 1. The molecule has 2 N–H and O–H groups in total. The van der Waals surface area contributed by atoms with E-state index in [1.165, 1.54) is 11.8 Å². The second-order valence-corrected chi connectivity index (χ2v) is 3.55. The lowest BCUT2D eigenvalue weighted by atomic mass is 10.3. The van der Waals surface area contributed by atoms with Crippen LogP contribution in [0.25, 0.3) is 0 Å². The molecule has 14 heavy (non-hydrogen) atoms. The third kappa shape index (κ3) is 17.4. The SMILES string of the molecule is CCCC#N.CSC(O)CCC(=O)O. The summed E-state index contributed by atoms with van der Waals surface area (Å²) in [5.41, 5.74) is -0.527. The van der Waals surface area contributed by atoms with E-state index in [-0.39, 0.29) is 6.42 Å². The summed E-state index contributed by atoms with van der Waals surface area (Å²) in [4.78, 5) is 9.90. The average molecular weight is 219 g/mol. The minimum absolute atomic E-state index is 0.0437. The van der Waals surface area contributed by atoms with Gasteiger partial charge in [-0.3, -0.25) is 4.79 Å². The third-order valence-corrected chi connectivity index (χ3v) is 2.02. The quantitative estimate of drug-likeness (QED) is 0.689. The van der Waals surface area contributed by atoms with Crippen molar-refractivity contribution < 1.29 is 15.0 Å².